The molecule has 1 heterocycles. The van der Waals surface area contributed by atoms with Crippen LogP contribution in [0.15, 0.2) is 48.5 Å². The molecule has 0 bridgehead atoms. The van der Waals surface area contributed by atoms with Gasteiger partial charge in [0.2, 0.25) is 0 Å². The Bertz CT molecular complexity index is 796. The average molecular weight is 393 g/mol. The van der Waals surface area contributed by atoms with Gasteiger partial charge < -0.3 is 20.9 Å². The average Bonchev–Trinajstić information content (AvgIpc) is 2.80. The molecule has 1 aliphatic heterocycles. The van der Waals surface area contributed by atoms with Crippen LogP contribution >= 0.6 is 0 Å². The molecule has 29 heavy (non-hydrogen) atoms. The second-order valence-electron chi connectivity index (χ2n) is 8.12. The maximum Gasteiger partial charge on any atom is 0.254 e. The van der Waals surface area contributed by atoms with Crippen molar-refractivity contribution in [2.45, 2.75) is 44.7 Å². The topological polar surface area (TPSA) is 56.4 Å². The molecule has 4 rings (SSSR count). The lowest BCUT2D eigenvalue weighted by molar-refractivity contribution is 0.0736. The van der Waals surface area contributed by atoms with Gasteiger partial charge in [-0.05, 0) is 36.6 Å². The minimum atomic E-state index is 0.124. The van der Waals surface area contributed by atoms with E-state index in [0.29, 0.717) is 6.04 Å². The molecule has 0 atom stereocenters. The van der Waals surface area contributed by atoms with Crippen molar-refractivity contribution in [2.24, 2.45) is 0 Å². The second kappa shape index (κ2) is 9.79. The first-order chi connectivity index (χ1) is 14.3. The monoisotopic (exact) mass is 392 g/mol. The first-order valence-electron chi connectivity index (χ1n) is 11.0. The molecule has 5 heteroatoms. The zero-order chi connectivity index (χ0) is 19.9. The van der Waals surface area contributed by atoms with Crippen molar-refractivity contribution in [3.8, 4) is 0 Å². The van der Waals surface area contributed by atoms with Crippen LogP contribution in [0.1, 0.15) is 48.0 Å². The summed E-state index contributed by atoms with van der Waals surface area (Å²) in [7, 11) is 0. The summed E-state index contributed by atoms with van der Waals surface area (Å²) in [5.41, 5.74) is 4.11. The number of piperazine rings is 1. The Morgan fingerprint density at radius 3 is 2.48 bits per heavy atom. The smallest absolute Gasteiger partial charge is 0.254 e. The number of benzene rings is 2. The van der Waals surface area contributed by atoms with E-state index in [1.165, 1.54) is 37.7 Å². The molecule has 0 aromatic heterocycles. The van der Waals surface area contributed by atoms with Crippen molar-refractivity contribution in [2.75, 3.05) is 36.8 Å². The molecule has 1 saturated heterocycles. The van der Waals surface area contributed by atoms with Crippen molar-refractivity contribution in [1.29, 1.82) is 0 Å². The van der Waals surface area contributed by atoms with Gasteiger partial charge in [0.15, 0.2) is 0 Å². The predicted octanol–water partition coefficient (Wildman–Crippen LogP) is 4.09. The minimum Gasteiger partial charge on any atom is -0.381 e. The Morgan fingerprint density at radius 2 is 1.72 bits per heavy atom. The van der Waals surface area contributed by atoms with E-state index in [4.69, 9.17) is 0 Å². The third-order valence-corrected chi connectivity index (χ3v) is 5.96. The lowest BCUT2D eigenvalue weighted by Crippen LogP contribution is -2.46. The summed E-state index contributed by atoms with van der Waals surface area (Å²) in [5.74, 6) is 0.124. The van der Waals surface area contributed by atoms with Gasteiger partial charge in [0, 0.05) is 44.3 Å². The van der Waals surface area contributed by atoms with E-state index in [2.05, 4.69) is 46.3 Å². The Balaban J connectivity index is 1.53. The summed E-state index contributed by atoms with van der Waals surface area (Å²) in [6, 6.07) is 17.0. The van der Waals surface area contributed by atoms with Crippen LogP contribution in [-0.4, -0.2) is 43.0 Å². The lowest BCUT2D eigenvalue weighted by Gasteiger charge is -2.28. The summed E-state index contributed by atoms with van der Waals surface area (Å²) in [5, 5.41) is 10.6. The van der Waals surface area contributed by atoms with Crippen molar-refractivity contribution >= 4 is 17.3 Å². The number of carbonyl (C=O) groups is 1. The summed E-state index contributed by atoms with van der Waals surface area (Å²) in [6.07, 6.45) is 6.38. The van der Waals surface area contributed by atoms with E-state index < -0.39 is 0 Å². The first-order valence-corrected chi connectivity index (χ1v) is 11.0. The van der Waals surface area contributed by atoms with Gasteiger partial charge in [-0.3, -0.25) is 4.79 Å². The molecule has 1 saturated carbocycles. The molecular formula is C24H32N4O. The highest BCUT2D eigenvalue weighted by Gasteiger charge is 2.20. The maximum absolute atomic E-state index is 13.0. The maximum atomic E-state index is 13.0. The van der Waals surface area contributed by atoms with Crippen LogP contribution < -0.4 is 16.0 Å². The molecule has 1 amide bonds. The van der Waals surface area contributed by atoms with Gasteiger partial charge in [-0.15, -0.1) is 0 Å². The summed E-state index contributed by atoms with van der Waals surface area (Å²) < 4.78 is 0. The number of anilines is 2. The third-order valence-electron chi connectivity index (χ3n) is 5.96. The van der Waals surface area contributed by atoms with Crippen molar-refractivity contribution in [3.63, 3.8) is 0 Å². The quantitative estimate of drug-likeness (QED) is 0.693. The highest BCUT2D eigenvalue weighted by molar-refractivity contribution is 5.96. The van der Waals surface area contributed by atoms with Gasteiger partial charge in [-0.25, -0.2) is 0 Å². The van der Waals surface area contributed by atoms with Crippen LogP contribution in [0, 0.1) is 0 Å². The molecule has 154 valence electrons. The molecule has 2 aromatic carbocycles. The number of carbonyl (C=O) groups excluding carboxylic acids is 1. The van der Waals surface area contributed by atoms with E-state index in [0.717, 1.165) is 49.7 Å². The number of hydrogen-bond acceptors (Lipinski definition) is 4. The summed E-state index contributed by atoms with van der Waals surface area (Å²) in [6.45, 7) is 4.02. The fraction of sp³-hybridized carbons (Fsp3) is 0.458. The molecule has 1 aliphatic carbocycles. The Labute approximate surface area is 173 Å². The minimum absolute atomic E-state index is 0.124. The number of nitrogens with zero attached hydrogens (tertiary/aromatic N) is 1. The normalized spacial score (nSPS) is 17.7. The predicted molar refractivity (Wildman–Crippen MR) is 119 cm³/mol. The number of rotatable bonds is 6. The molecule has 2 aromatic rings. The fourth-order valence-corrected chi connectivity index (χ4v) is 4.26. The summed E-state index contributed by atoms with van der Waals surface area (Å²) in [4.78, 5) is 14.9. The molecule has 0 radical (unpaired) electrons. The highest BCUT2D eigenvalue weighted by Crippen LogP contribution is 2.29. The van der Waals surface area contributed by atoms with Crippen LogP contribution in [0.4, 0.5) is 11.4 Å². The number of nitrogens with one attached hydrogen (secondary N) is 3. The van der Waals surface area contributed by atoms with Crippen LogP contribution in [0.5, 0.6) is 0 Å². The number of hydrogen-bond donors (Lipinski definition) is 3. The standard InChI is InChI=1S/C24H32N4O/c29-24(28-15-13-25-14-16-28)20-11-12-22(27-21-9-5-2-6-10-21)23(17-20)26-18-19-7-3-1-4-8-19/h1,3-4,7-8,11-12,17,21,25-27H,2,5-6,9-10,13-16,18H2. The second-order valence-corrected chi connectivity index (χ2v) is 8.12. The van der Waals surface area contributed by atoms with Gasteiger partial charge in [0.05, 0.1) is 11.4 Å². The van der Waals surface area contributed by atoms with Crippen molar-refractivity contribution in [1.82, 2.24) is 10.2 Å². The van der Waals surface area contributed by atoms with E-state index in [1.54, 1.807) is 0 Å². The van der Waals surface area contributed by atoms with Gasteiger partial charge in [-0.1, -0.05) is 49.6 Å². The van der Waals surface area contributed by atoms with Crippen molar-refractivity contribution in [3.05, 3.63) is 59.7 Å². The van der Waals surface area contributed by atoms with Gasteiger partial charge in [-0.2, -0.15) is 0 Å². The molecule has 3 N–H and O–H groups in total. The largest absolute Gasteiger partial charge is 0.381 e. The van der Waals surface area contributed by atoms with Gasteiger partial charge in [0.25, 0.3) is 5.91 Å². The van der Waals surface area contributed by atoms with E-state index >= 15 is 0 Å². The van der Waals surface area contributed by atoms with E-state index in [9.17, 15) is 4.79 Å². The molecule has 0 spiro atoms. The van der Waals surface area contributed by atoms with E-state index in [1.807, 2.05) is 23.1 Å². The summed E-state index contributed by atoms with van der Waals surface area (Å²) >= 11 is 0. The zero-order valence-corrected chi connectivity index (χ0v) is 17.1. The fourth-order valence-electron chi connectivity index (χ4n) is 4.26. The Hall–Kier alpha value is -2.53. The SMILES string of the molecule is O=C(c1ccc(NC2CCCCC2)c(NCc2ccccc2)c1)N1CCNCC1. The number of amides is 1. The zero-order valence-electron chi connectivity index (χ0n) is 17.1. The first kappa shape index (κ1) is 19.8. The molecule has 2 fully saturated rings. The van der Waals surface area contributed by atoms with E-state index in [-0.39, 0.29) is 5.91 Å². The van der Waals surface area contributed by atoms with Gasteiger partial charge in [0.1, 0.15) is 0 Å². The highest BCUT2D eigenvalue weighted by atomic mass is 16.2. The lowest BCUT2D eigenvalue weighted by atomic mass is 9.95. The molecular weight excluding hydrogens is 360 g/mol. The Kier molecular flexibility index (Phi) is 6.67. The third kappa shape index (κ3) is 5.30. The van der Waals surface area contributed by atoms with Crippen LogP contribution in [0.3, 0.4) is 0 Å². The Morgan fingerprint density at radius 1 is 0.966 bits per heavy atom. The molecule has 2 aliphatic rings. The molecule has 0 unspecified atom stereocenters. The van der Waals surface area contributed by atoms with Crippen LogP contribution in [-0.2, 0) is 6.54 Å². The van der Waals surface area contributed by atoms with Gasteiger partial charge >= 0.3 is 0 Å². The van der Waals surface area contributed by atoms with Crippen molar-refractivity contribution < 1.29 is 4.79 Å². The van der Waals surface area contributed by atoms with Crippen LogP contribution in [0.25, 0.3) is 0 Å². The van der Waals surface area contributed by atoms with Crippen LogP contribution in [0.2, 0.25) is 0 Å². The molecule has 5 nitrogen and oxygen atoms in total.